The number of rotatable bonds is 35. The molecule has 1 unspecified atom stereocenters. The van der Waals surface area contributed by atoms with Gasteiger partial charge in [-0.15, -0.1) is 0 Å². The van der Waals surface area contributed by atoms with Crippen molar-refractivity contribution in [2.45, 2.75) is 116 Å². The van der Waals surface area contributed by atoms with E-state index in [4.69, 9.17) is 38.6 Å². The van der Waals surface area contributed by atoms with E-state index in [0.29, 0.717) is 66.1 Å². The molecule has 0 aromatic rings. The summed E-state index contributed by atoms with van der Waals surface area (Å²) < 4.78 is 32.0. The van der Waals surface area contributed by atoms with Crippen LogP contribution in [0.25, 0.3) is 0 Å². The Labute approximate surface area is 262 Å². The quantitative estimate of drug-likeness (QED) is 0.0445. The molecule has 0 heterocycles. The summed E-state index contributed by atoms with van der Waals surface area (Å²) in [5.41, 5.74) is 0. The maximum Gasteiger partial charge on any atom is 0.327 e. The fourth-order valence-electron chi connectivity index (χ4n) is 4.05. The first-order valence-corrected chi connectivity index (χ1v) is 16.7. The Balaban J connectivity index is 0. The maximum absolute atomic E-state index is 9.84. The van der Waals surface area contributed by atoms with Gasteiger partial charge in [0.25, 0.3) is 0 Å². The minimum atomic E-state index is -0.981. The highest BCUT2D eigenvalue weighted by molar-refractivity contribution is 5.78. The number of hydrogen-bond acceptors (Lipinski definition) is 9. The number of aliphatic carboxylic acids is 1. The molecule has 0 aromatic carbocycles. The molecule has 0 fully saturated rings. The zero-order valence-electron chi connectivity index (χ0n) is 27.4. The van der Waals surface area contributed by atoms with Crippen LogP contribution in [-0.4, -0.2) is 107 Å². The number of hydrogen-bond donors (Lipinski definition) is 3. The molecule has 10 heteroatoms. The van der Waals surface area contributed by atoms with E-state index in [-0.39, 0.29) is 13.2 Å². The second kappa shape index (κ2) is 40.9. The van der Waals surface area contributed by atoms with Crippen LogP contribution in [0, 0.1) is 0 Å². The molecule has 0 saturated heterocycles. The molecule has 0 rings (SSSR count). The van der Waals surface area contributed by atoms with Crippen LogP contribution in [0.4, 0.5) is 0 Å². The Bertz CT molecular complexity index is 536. The molecule has 43 heavy (non-hydrogen) atoms. The lowest BCUT2D eigenvalue weighted by Crippen LogP contribution is -2.21. The summed E-state index contributed by atoms with van der Waals surface area (Å²) in [5.74, 6) is -0.981. The molecule has 0 aliphatic carbocycles. The summed E-state index contributed by atoms with van der Waals surface area (Å²) in [7, 11) is 0. The van der Waals surface area contributed by atoms with Crippen molar-refractivity contribution in [1.29, 1.82) is 0 Å². The molecule has 0 bridgehead atoms. The number of unbranched alkanes of at least 4 members (excludes halogenated alkanes) is 15. The fraction of sp³-hybridized carbons (Fsp3) is 0.909. The molecule has 0 saturated carbocycles. The summed E-state index contributed by atoms with van der Waals surface area (Å²) >= 11 is 0. The van der Waals surface area contributed by atoms with Crippen molar-refractivity contribution >= 4 is 5.97 Å². The third-order valence-electron chi connectivity index (χ3n) is 6.47. The molecular weight excluding hydrogens is 556 g/mol. The number of carboxylic acids is 1. The summed E-state index contributed by atoms with van der Waals surface area (Å²) in [6, 6.07) is 0. The summed E-state index contributed by atoms with van der Waals surface area (Å²) in [6.45, 7) is 10.2. The van der Waals surface area contributed by atoms with E-state index in [2.05, 4.69) is 13.5 Å². The summed E-state index contributed by atoms with van der Waals surface area (Å²) in [4.78, 5) is 9.25. The number of ether oxygens (including phenoxy) is 6. The minimum Gasteiger partial charge on any atom is -0.478 e. The SMILES string of the molecule is C=CC(=O)O.CCCCCCCCCCCCCCCCCCOC(O)COCCOCCOCCOCCOCCO. The number of carboxylic acid groups (broad SMARTS) is 1. The van der Waals surface area contributed by atoms with Gasteiger partial charge in [-0.3, -0.25) is 0 Å². The molecule has 0 spiro atoms. The van der Waals surface area contributed by atoms with Crippen molar-refractivity contribution in [3.05, 3.63) is 12.7 Å². The van der Waals surface area contributed by atoms with Crippen molar-refractivity contribution in [3.63, 3.8) is 0 Å². The van der Waals surface area contributed by atoms with Crippen molar-refractivity contribution in [2.75, 3.05) is 79.3 Å². The monoisotopic (exact) mass is 622 g/mol. The molecule has 0 aliphatic rings. The van der Waals surface area contributed by atoms with Crippen LogP contribution in [0.3, 0.4) is 0 Å². The Hall–Kier alpha value is -1.11. The van der Waals surface area contributed by atoms with E-state index in [0.717, 1.165) is 18.9 Å². The van der Waals surface area contributed by atoms with Gasteiger partial charge in [0.1, 0.15) is 0 Å². The van der Waals surface area contributed by atoms with E-state index >= 15 is 0 Å². The topological polar surface area (TPSA) is 133 Å². The van der Waals surface area contributed by atoms with Gasteiger partial charge in [-0.1, -0.05) is 110 Å². The molecule has 3 N–H and O–H groups in total. The van der Waals surface area contributed by atoms with Gasteiger partial charge in [0, 0.05) is 12.7 Å². The molecular formula is C33H66O10. The zero-order chi connectivity index (χ0) is 31.9. The van der Waals surface area contributed by atoms with E-state index in [1.54, 1.807) is 0 Å². The van der Waals surface area contributed by atoms with Crippen molar-refractivity contribution in [1.82, 2.24) is 0 Å². The van der Waals surface area contributed by atoms with Gasteiger partial charge in [0.05, 0.1) is 72.7 Å². The maximum atomic E-state index is 9.84. The smallest absolute Gasteiger partial charge is 0.327 e. The van der Waals surface area contributed by atoms with Crippen LogP contribution in [0.15, 0.2) is 12.7 Å². The molecule has 0 amide bonds. The lowest BCUT2D eigenvalue weighted by atomic mass is 10.0. The first-order valence-electron chi connectivity index (χ1n) is 16.7. The average Bonchev–Trinajstić information content (AvgIpc) is 3.00. The Morgan fingerprint density at radius 3 is 1.26 bits per heavy atom. The predicted molar refractivity (Wildman–Crippen MR) is 171 cm³/mol. The third kappa shape index (κ3) is 45.4. The highest BCUT2D eigenvalue weighted by atomic mass is 16.6. The van der Waals surface area contributed by atoms with Crippen LogP contribution in [0.1, 0.15) is 110 Å². The Morgan fingerprint density at radius 1 is 0.581 bits per heavy atom. The first kappa shape index (κ1) is 44.0. The average molecular weight is 623 g/mol. The fourth-order valence-corrected chi connectivity index (χ4v) is 4.05. The molecule has 10 nitrogen and oxygen atoms in total. The standard InChI is InChI=1S/C30H62O8.C3H4O2/c1-2-3-4-5-6-7-8-9-10-11-12-13-14-15-16-17-19-38-30(32)29-37-28-27-36-26-25-35-24-23-34-22-21-33-20-18-31;1-2-3(4)5/h30-32H,2-29H2,1H3;2H,1H2,(H,4,5). The van der Waals surface area contributed by atoms with Crippen molar-refractivity contribution in [3.8, 4) is 0 Å². The molecule has 0 aliphatic heterocycles. The summed E-state index contributed by atoms with van der Waals surface area (Å²) in [6.07, 6.45) is 21.5. The number of aliphatic hydroxyl groups is 2. The van der Waals surface area contributed by atoms with Crippen molar-refractivity contribution < 1.29 is 48.5 Å². The third-order valence-corrected chi connectivity index (χ3v) is 6.47. The van der Waals surface area contributed by atoms with Crippen molar-refractivity contribution in [2.24, 2.45) is 0 Å². The number of carbonyl (C=O) groups is 1. The first-order chi connectivity index (χ1) is 21.1. The lowest BCUT2D eigenvalue weighted by molar-refractivity contribution is -0.141. The van der Waals surface area contributed by atoms with Crippen LogP contribution in [0.2, 0.25) is 0 Å². The molecule has 258 valence electrons. The highest BCUT2D eigenvalue weighted by Crippen LogP contribution is 2.13. The van der Waals surface area contributed by atoms with Crippen LogP contribution in [0.5, 0.6) is 0 Å². The van der Waals surface area contributed by atoms with Gasteiger partial charge >= 0.3 is 5.97 Å². The van der Waals surface area contributed by atoms with E-state index < -0.39 is 12.3 Å². The minimum absolute atomic E-state index is 0.0299. The number of aliphatic hydroxyl groups excluding tert-OH is 2. The Kier molecular flexibility index (Phi) is 41.9. The van der Waals surface area contributed by atoms with E-state index in [1.165, 1.54) is 89.9 Å². The van der Waals surface area contributed by atoms with Gasteiger partial charge in [0.2, 0.25) is 0 Å². The van der Waals surface area contributed by atoms with Crippen LogP contribution < -0.4 is 0 Å². The molecule has 0 radical (unpaired) electrons. The Morgan fingerprint density at radius 2 is 0.907 bits per heavy atom. The zero-order valence-corrected chi connectivity index (χ0v) is 27.4. The van der Waals surface area contributed by atoms with Gasteiger partial charge in [-0.05, 0) is 6.42 Å². The van der Waals surface area contributed by atoms with E-state index in [9.17, 15) is 9.90 Å². The second-order valence-electron chi connectivity index (χ2n) is 10.4. The van der Waals surface area contributed by atoms with E-state index in [1.807, 2.05) is 0 Å². The highest BCUT2D eigenvalue weighted by Gasteiger charge is 2.04. The largest absolute Gasteiger partial charge is 0.478 e. The molecule has 1 atom stereocenters. The lowest BCUT2D eigenvalue weighted by Gasteiger charge is -2.12. The second-order valence-corrected chi connectivity index (χ2v) is 10.4. The van der Waals surface area contributed by atoms with Gasteiger partial charge < -0.3 is 43.7 Å². The summed E-state index contributed by atoms with van der Waals surface area (Å²) in [5, 5.41) is 26.0. The normalized spacial score (nSPS) is 11.7. The van der Waals surface area contributed by atoms with Crippen LogP contribution in [-0.2, 0) is 33.2 Å². The van der Waals surface area contributed by atoms with Crippen LogP contribution >= 0.6 is 0 Å². The van der Waals surface area contributed by atoms with Gasteiger partial charge in [-0.2, -0.15) is 0 Å². The van der Waals surface area contributed by atoms with Gasteiger partial charge in [0.15, 0.2) is 6.29 Å². The molecule has 0 aromatic heterocycles. The van der Waals surface area contributed by atoms with Gasteiger partial charge in [-0.25, -0.2) is 4.79 Å². The predicted octanol–water partition coefficient (Wildman–Crippen LogP) is 5.92.